The summed E-state index contributed by atoms with van der Waals surface area (Å²) < 4.78 is 0. The second-order valence-electron chi connectivity index (χ2n) is 4.95. The van der Waals surface area contributed by atoms with E-state index in [0.29, 0.717) is 6.54 Å². The molecule has 0 aromatic carbocycles. The van der Waals surface area contributed by atoms with E-state index < -0.39 is 12.0 Å². The maximum Gasteiger partial charge on any atom is 0.325 e. The molecule has 1 aromatic heterocycles. The van der Waals surface area contributed by atoms with Crippen molar-refractivity contribution in [2.24, 2.45) is 0 Å². The molecule has 20 heavy (non-hydrogen) atoms. The zero-order chi connectivity index (χ0) is 15.3. The molecular weight excluding hydrogens is 260 g/mol. The Hall–Kier alpha value is -2.05. The molecule has 112 valence electrons. The van der Waals surface area contributed by atoms with Crippen molar-refractivity contribution in [3.8, 4) is 0 Å². The first-order chi connectivity index (χ1) is 9.32. The molecule has 0 aliphatic heterocycles. The lowest BCUT2D eigenvalue weighted by Gasteiger charge is -2.19. The minimum atomic E-state index is -1.05. The Balaban J connectivity index is 2.38. The number of aryl methyl sites for hydroxylation is 2. The van der Waals surface area contributed by atoms with Crippen molar-refractivity contribution >= 4 is 12.0 Å². The van der Waals surface area contributed by atoms with Crippen LogP contribution in [0.3, 0.4) is 0 Å². The smallest absolute Gasteiger partial charge is 0.325 e. The fourth-order valence-corrected chi connectivity index (χ4v) is 1.89. The number of amides is 2. The third-order valence-corrected chi connectivity index (χ3v) is 3.26. The first-order valence-electron chi connectivity index (χ1n) is 6.57. The van der Waals surface area contributed by atoms with E-state index in [4.69, 9.17) is 5.11 Å². The van der Waals surface area contributed by atoms with Crippen LogP contribution in [0.2, 0.25) is 0 Å². The summed E-state index contributed by atoms with van der Waals surface area (Å²) in [5.41, 5.74) is 3.21. The van der Waals surface area contributed by atoms with Crippen molar-refractivity contribution in [3.05, 3.63) is 17.0 Å². The van der Waals surface area contributed by atoms with Gasteiger partial charge >= 0.3 is 12.0 Å². The number of nitrogens with one attached hydrogen (secondary N) is 2. The van der Waals surface area contributed by atoms with Crippen molar-refractivity contribution in [3.63, 3.8) is 0 Å². The number of H-pyrrole nitrogens is 1. The van der Waals surface area contributed by atoms with Crippen LogP contribution >= 0.6 is 0 Å². The van der Waals surface area contributed by atoms with Gasteiger partial charge in [0.05, 0.1) is 5.69 Å². The van der Waals surface area contributed by atoms with E-state index in [-0.39, 0.29) is 6.03 Å². The SMILES string of the molecule is Cc1n[nH]c(C)c1CCCN(C)C(=O)NC(C)C(=O)O. The van der Waals surface area contributed by atoms with E-state index in [1.54, 1.807) is 7.05 Å². The molecule has 3 N–H and O–H groups in total. The van der Waals surface area contributed by atoms with Gasteiger partial charge in [-0.1, -0.05) is 0 Å². The second-order valence-corrected chi connectivity index (χ2v) is 4.95. The van der Waals surface area contributed by atoms with Crippen molar-refractivity contribution in [2.45, 2.75) is 39.7 Å². The number of aromatic nitrogens is 2. The molecule has 0 saturated heterocycles. The van der Waals surface area contributed by atoms with Crippen LogP contribution in [0.4, 0.5) is 4.79 Å². The summed E-state index contributed by atoms with van der Waals surface area (Å²) in [6.45, 7) is 5.92. The molecule has 0 bridgehead atoms. The molecule has 1 aromatic rings. The average Bonchev–Trinajstić information content (AvgIpc) is 2.69. The molecule has 0 aliphatic rings. The lowest BCUT2D eigenvalue weighted by Crippen LogP contribution is -2.45. The molecule has 0 saturated carbocycles. The molecule has 0 fully saturated rings. The molecule has 0 radical (unpaired) electrons. The predicted octanol–water partition coefficient (Wildman–Crippen LogP) is 1.07. The Bertz CT molecular complexity index is 464. The van der Waals surface area contributed by atoms with Crippen LogP contribution in [-0.4, -0.2) is 51.8 Å². The van der Waals surface area contributed by atoms with Crippen molar-refractivity contribution in [1.29, 1.82) is 0 Å². The second kappa shape index (κ2) is 6.93. The number of rotatable bonds is 6. The van der Waals surface area contributed by atoms with Crippen LogP contribution < -0.4 is 5.32 Å². The largest absolute Gasteiger partial charge is 0.480 e. The molecule has 7 nitrogen and oxygen atoms in total. The number of hydrogen-bond acceptors (Lipinski definition) is 3. The van der Waals surface area contributed by atoms with Gasteiger partial charge in [-0.25, -0.2) is 4.79 Å². The molecule has 2 amide bonds. The summed E-state index contributed by atoms with van der Waals surface area (Å²) in [5.74, 6) is -1.05. The van der Waals surface area contributed by atoms with Crippen LogP contribution in [0.1, 0.15) is 30.3 Å². The zero-order valence-electron chi connectivity index (χ0n) is 12.4. The Morgan fingerprint density at radius 3 is 2.60 bits per heavy atom. The first-order valence-corrected chi connectivity index (χ1v) is 6.57. The fraction of sp³-hybridized carbons (Fsp3) is 0.615. The van der Waals surface area contributed by atoms with Gasteiger partial charge in [-0.3, -0.25) is 9.89 Å². The van der Waals surface area contributed by atoms with Crippen molar-refractivity contribution < 1.29 is 14.7 Å². The van der Waals surface area contributed by atoms with Gasteiger partial charge in [0.1, 0.15) is 6.04 Å². The number of hydrogen-bond donors (Lipinski definition) is 3. The number of urea groups is 1. The summed E-state index contributed by atoms with van der Waals surface area (Å²) in [6.07, 6.45) is 1.63. The third-order valence-electron chi connectivity index (χ3n) is 3.26. The van der Waals surface area contributed by atoms with Gasteiger partial charge < -0.3 is 15.3 Å². The highest BCUT2D eigenvalue weighted by molar-refractivity contribution is 5.82. The molecule has 0 aliphatic carbocycles. The predicted molar refractivity (Wildman–Crippen MR) is 74.6 cm³/mol. The van der Waals surface area contributed by atoms with Crippen molar-refractivity contribution in [1.82, 2.24) is 20.4 Å². The number of carbonyl (C=O) groups excluding carboxylic acids is 1. The monoisotopic (exact) mass is 282 g/mol. The molecule has 1 heterocycles. The molecule has 1 atom stereocenters. The first kappa shape index (κ1) is 16.0. The molecular formula is C13H22N4O3. The third kappa shape index (κ3) is 4.25. The lowest BCUT2D eigenvalue weighted by atomic mass is 10.1. The van der Waals surface area contributed by atoms with Crippen LogP contribution in [0, 0.1) is 13.8 Å². The Kier molecular flexibility index (Phi) is 5.54. The summed E-state index contributed by atoms with van der Waals surface area (Å²) in [7, 11) is 1.65. The van der Waals surface area contributed by atoms with Gasteiger partial charge in [-0.2, -0.15) is 5.10 Å². The Labute approximate surface area is 118 Å². The maximum atomic E-state index is 11.7. The van der Waals surface area contributed by atoms with E-state index in [2.05, 4.69) is 15.5 Å². The Morgan fingerprint density at radius 2 is 2.10 bits per heavy atom. The highest BCUT2D eigenvalue weighted by Crippen LogP contribution is 2.11. The summed E-state index contributed by atoms with van der Waals surface area (Å²) in [4.78, 5) is 23.9. The summed E-state index contributed by atoms with van der Waals surface area (Å²) in [6, 6.07) is -1.26. The Morgan fingerprint density at radius 1 is 1.45 bits per heavy atom. The van der Waals surface area contributed by atoms with Gasteiger partial charge in [-0.15, -0.1) is 0 Å². The average molecular weight is 282 g/mol. The van der Waals surface area contributed by atoms with Gasteiger partial charge in [-0.05, 0) is 39.2 Å². The number of carbonyl (C=O) groups is 2. The number of nitrogens with zero attached hydrogens (tertiary/aromatic N) is 2. The zero-order valence-corrected chi connectivity index (χ0v) is 12.4. The van der Waals surface area contributed by atoms with Gasteiger partial charge in [0.2, 0.25) is 0 Å². The highest BCUT2D eigenvalue weighted by Gasteiger charge is 2.16. The summed E-state index contributed by atoms with van der Waals surface area (Å²) >= 11 is 0. The number of carboxylic acids is 1. The van der Waals surface area contributed by atoms with Gasteiger partial charge in [0, 0.05) is 19.3 Å². The van der Waals surface area contributed by atoms with E-state index in [0.717, 1.165) is 24.2 Å². The maximum absolute atomic E-state index is 11.7. The van der Waals surface area contributed by atoms with E-state index in [1.165, 1.54) is 17.4 Å². The quantitative estimate of drug-likeness (QED) is 0.727. The number of aliphatic carboxylic acids is 1. The van der Waals surface area contributed by atoms with Gasteiger partial charge in [0.15, 0.2) is 0 Å². The minimum Gasteiger partial charge on any atom is -0.480 e. The highest BCUT2D eigenvalue weighted by atomic mass is 16.4. The molecule has 0 spiro atoms. The minimum absolute atomic E-state index is 0.375. The van der Waals surface area contributed by atoms with Crippen LogP contribution in [0.25, 0.3) is 0 Å². The number of carboxylic acid groups (broad SMARTS) is 1. The normalized spacial score (nSPS) is 12.0. The lowest BCUT2D eigenvalue weighted by molar-refractivity contribution is -0.138. The standard InChI is InChI=1S/C13H22N4O3/c1-8-11(9(2)16-15-8)6-5-7-17(4)13(20)14-10(3)12(18)19/h10H,5-7H2,1-4H3,(H,14,20)(H,15,16)(H,18,19). The fourth-order valence-electron chi connectivity index (χ4n) is 1.89. The van der Waals surface area contributed by atoms with E-state index in [9.17, 15) is 9.59 Å². The van der Waals surface area contributed by atoms with Gasteiger partial charge in [0.25, 0.3) is 0 Å². The topological polar surface area (TPSA) is 98.3 Å². The van der Waals surface area contributed by atoms with Crippen LogP contribution in [0.15, 0.2) is 0 Å². The summed E-state index contributed by atoms with van der Waals surface area (Å²) in [5, 5.41) is 18.2. The van der Waals surface area contributed by atoms with E-state index in [1.807, 2.05) is 13.8 Å². The van der Waals surface area contributed by atoms with Crippen LogP contribution in [-0.2, 0) is 11.2 Å². The molecule has 7 heteroatoms. The number of aromatic amines is 1. The van der Waals surface area contributed by atoms with Crippen molar-refractivity contribution in [2.75, 3.05) is 13.6 Å². The molecule has 1 rings (SSSR count). The molecule has 1 unspecified atom stereocenters. The van der Waals surface area contributed by atoms with E-state index >= 15 is 0 Å². The van der Waals surface area contributed by atoms with Crippen LogP contribution in [0.5, 0.6) is 0 Å².